The first-order valence-electron chi connectivity index (χ1n) is 11.3. The van der Waals surface area contributed by atoms with Crippen LogP contribution in [0.5, 0.6) is 0 Å². The third kappa shape index (κ3) is 3.29. The number of carbonyl (C=O) groups is 2. The molecule has 0 amide bonds. The molecule has 2 aromatic carbocycles. The van der Waals surface area contributed by atoms with Gasteiger partial charge in [0.25, 0.3) is 0 Å². The van der Waals surface area contributed by atoms with Crippen molar-refractivity contribution in [1.29, 1.82) is 0 Å². The smallest absolute Gasteiger partial charge is 0.321 e. The molecule has 0 radical (unpaired) electrons. The van der Waals surface area contributed by atoms with Crippen molar-refractivity contribution in [2.75, 3.05) is 0 Å². The zero-order valence-corrected chi connectivity index (χ0v) is 18.8. The van der Waals surface area contributed by atoms with Crippen LogP contribution in [0.25, 0.3) is 11.3 Å². The molecule has 0 saturated carbocycles. The van der Waals surface area contributed by atoms with E-state index in [2.05, 4.69) is 0 Å². The monoisotopic (exact) mass is 428 g/mol. The maximum atomic E-state index is 13.9. The average Bonchev–Trinajstić information content (AvgIpc) is 3.33. The van der Waals surface area contributed by atoms with E-state index in [1.165, 1.54) is 0 Å². The lowest BCUT2D eigenvalue weighted by atomic mass is 9.65. The van der Waals surface area contributed by atoms with E-state index in [1.54, 1.807) is 0 Å². The zero-order chi connectivity index (χ0) is 22.5. The van der Waals surface area contributed by atoms with E-state index in [9.17, 15) is 9.59 Å². The van der Waals surface area contributed by atoms with Gasteiger partial charge in [-0.05, 0) is 57.2 Å². The fourth-order valence-corrected chi connectivity index (χ4v) is 5.29. The SMILES string of the molecule is CC(C)(C)OC(=O)[C@]1([C@@H]2CCCc3oc(-c4ccccc4)cc32)Cc2ccccc2C1=O. The Morgan fingerprint density at radius 1 is 1.06 bits per heavy atom. The number of benzene rings is 2. The summed E-state index contributed by atoms with van der Waals surface area (Å²) in [6.07, 6.45) is 2.80. The number of aryl methyl sites for hydroxylation is 1. The second-order valence-electron chi connectivity index (χ2n) is 9.94. The van der Waals surface area contributed by atoms with Crippen molar-refractivity contribution in [2.45, 2.75) is 58.0 Å². The molecule has 1 heterocycles. The number of rotatable bonds is 3. The molecule has 0 N–H and O–H groups in total. The van der Waals surface area contributed by atoms with Gasteiger partial charge in [-0.3, -0.25) is 9.59 Å². The van der Waals surface area contributed by atoms with Crippen molar-refractivity contribution in [3.05, 3.63) is 83.1 Å². The minimum atomic E-state index is -1.26. The van der Waals surface area contributed by atoms with Crippen LogP contribution in [0.2, 0.25) is 0 Å². The summed E-state index contributed by atoms with van der Waals surface area (Å²) >= 11 is 0. The first kappa shape index (κ1) is 20.7. The molecule has 4 heteroatoms. The minimum Gasteiger partial charge on any atom is -0.461 e. The summed E-state index contributed by atoms with van der Waals surface area (Å²) in [6, 6.07) is 19.6. The van der Waals surface area contributed by atoms with Crippen molar-refractivity contribution < 1.29 is 18.7 Å². The van der Waals surface area contributed by atoms with Crippen molar-refractivity contribution in [2.24, 2.45) is 5.41 Å². The van der Waals surface area contributed by atoms with E-state index in [4.69, 9.17) is 9.15 Å². The number of fused-ring (bicyclic) bond motifs is 2. The number of furan rings is 1. The molecule has 2 aliphatic carbocycles. The zero-order valence-electron chi connectivity index (χ0n) is 18.8. The van der Waals surface area contributed by atoms with Gasteiger partial charge in [0.15, 0.2) is 5.78 Å². The first-order chi connectivity index (χ1) is 15.3. The molecule has 0 fully saturated rings. The minimum absolute atomic E-state index is 0.123. The highest BCUT2D eigenvalue weighted by molar-refractivity contribution is 6.17. The Morgan fingerprint density at radius 2 is 1.78 bits per heavy atom. The number of ketones is 1. The molecule has 0 aliphatic heterocycles. The maximum Gasteiger partial charge on any atom is 0.321 e. The van der Waals surface area contributed by atoms with Gasteiger partial charge in [-0.25, -0.2) is 0 Å². The van der Waals surface area contributed by atoms with Gasteiger partial charge in [0.2, 0.25) is 0 Å². The van der Waals surface area contributed by atoms with E-state index >= 15 is 0 Å². The molecular formula is C28H28O4. The third-order valence-electron chi connectivity index (χ3n) is 6.67. The Balaban J connectivity index is 1.64. The van der Waals surface area contributed by atoms with Crippen LogP contribution >= 0.6 is 0 Å². The van der Waals surface area contributed by atoms with Crippen LogP contribution in [-0.2, 0) is 22.4 Å². The van der Waals surface area contributed by atoms with Gasteiger partial charge in [0, 0.05) is 23.5 Å². The molecule has 32 heavy (non-hydrogen) atoms. The van der Waals surface area contributed by atoms with Gasteiger partial charge < -0.3 is 9.15 Å². The van der Waals surface area contributed by atoms with Crippen LogP contribution in [0.1, 0.15) is 66.8 Å². The molecule has 0 unspecified atom stereocenters. The van der Waals surface area contributed by atoms with E-state index in [-0.39, 0.29) is 11.7 Å². The summed E-state index contributed by atoms with van der Waals surface area (Å²) in [5.74, 6) is 0.841. The molecule has 164 valence electrons. The standard InChI is InChI=1S/C28H28O4/c1-27(2,3)32-26(30)28(17-19-12-7-8-13-20(19)25(28)29)22-14-9-15-23-21(22)16-24(31-23)18-10-5-4-6-11-18/h4-8,10-13,16,22H,9,14-15,17H2,1-3H3/t22-,28+/m1/s1. The normalized spacial score (nSPS) is 22.3. The van der Waals surface area contributed by atoms with Gasteiger partial charge in [-0.2, -0.15) is 0 Å². The second kappa shape index (κ2) is 7.47. The first-order valence-corrected chi connectivity index (χ1v) is 11.3. The molecule has 0 spiro atoms. The quantitative estimate of drug-likeness (QED) is 0.372. The van der Waals surface area contributed by atoms with Crippen molar-refractivity contribution in [1.82, 2.24) is 0 Å². The van der Waals surface area contributed by atoms with Gasteiger partial charge in [-0.15, -0.1) is 0 Å². The predicted molar refractivity (Wildman–Crippen MR) is 123 cm³/mol. The molecule has 3 aromatic rings. The number of ether oxygens (including phenoxy) is 1. The van der Waals surface area contributed by atoms with E-state index in [0.717, 1.165) is 47.5 Å². The Bertz CT molecular complexity index is 1180. The Morgan fingerprint density at radius 3 is 2.50 bits per heavy atom. The lowest BCUT2D eigenvalue weighted by Crippen LogP contribution is -2.47. The maximum absolute atomic E-state index is 13.9. The lowest BCUT2D eigenvalue weighted by Gasteiger charge is -2.38. The molecule has 2 atom stereocenters. The Kier molecular flexibility index (Phi) is 4.85. The van der Waals surface area contributed by atoms with Crippen LogP contribution in [-0.4, -0.2) is 17.4 Å². The number of hydrogen-bond donors (Lipinski definition) is 0. The molecular weight excluding hydrogens is 400 g/mol. The van der Waals surface area contributed by atoms with E-state index in [0.29, 0.717) is 12.0 Å². The van der Waals surface area contributed by atoms with E-state index in [1.807, 2.05) is 81.4 Å². The fraction of sp³-hybridized carbons (Fsp3) is 0.357. The average molecular weight is 429 g/mol. The number of hydrogen-bond acceptors (Lipinski definition) is 4. The van der Waals surface area contributed by atoms with Gasteiger partial charge in [0.1, 0.15) is 22.5 Å². The van der Waals surface area contributed by atoms with Crippen molar-refractivity contribution in [3.8, 4) is 11.3 Å². The second-order valence-corrected chi connectivity index (χ2v) is 9.94. The van der Waals surface area contributed by atoms with Gasteiger partial charge in [0.05, 0.1) is 0 Å². The van der Waals surface area contributed by atoms with E-state index < -0.39 is 17.0 Å². The largest absolute Gasteiger partial charge is 0.461 e. The lowest BCUT2D eigenvalue weighted by molar-refractivity contribution is -0.165. The third-order valence-corrected chi connectivity index (χ3v) is 6.67. The number of carbonyl (C=O) groups excluding carboxylic acids is 2. The molecule has 5 rings (SSSR count). The highest BCUT2D eigenvalue weighted by Gasteiger charge is 2.59. The summed E-state index contributed by atoms with van der Waals surface area (Å²) in [4.78, 5) is 27.7. The predicted octanol–water partition coefficient (Wildman–Crippen LogP) is 6.13. The fourth-order valence-electron chi connectivity index (χ4n) is 5.29. The topological polar surface area (TPSA) is 56.5 Å². The number of esters is 1. The molecule has 2 aliphatic rings. The van der Waals surface area contributed by atoms with Gasteiger partial charge >= 0.3 is 5.97 Å². The summed E-state index contributed by atoms with van der Waals surface area (Å²) in [6.45, 7) is 5.55. The van der Waals surface area contributed by atoms with Crippen molar-refractivity contribution >= 4 is 11.8 Å². The highest BCUT2D eigenvalue weighted by Crippen LogP contribution is 2.53. The summed E-state index contributed by atoms with van der Waals surface area (Å²) in [5.41, 5.74) is 1.58. The summed E-state index contributed by atoms with van der Waals surface area (Å²) in [7, 11) is 0. The Labute approximate surface area is 188 Å². The van der Waals surface area contributed by atoms with Crippen molar-refractivity contribution in [3.63, 3.8) is 0 Å². The van der Waals surface area contributed by atoms with Crippen LogP contribution in [0.3, 0.4) is 0 Å². The molecule has 0 bridgehead atoms. The van der Waals surface area contributed by atoms with Crippen LogP contribution < -0.4 is 0 Å². The highest BCUT2D eigenvalue weighted by atomic mass is 16.6. The molecule has 4 nitrogen and oxygen atoms in total. The molecule has 1 aromatic heterocycles. The summed E-state index contributed by atoms with van der Waals surface area (Å²) in [5, 5.41) is 0. The van der Waals surface area contributed by atoms with Crippen LogP contribution in [0.15, 0.2) is 65.1 Å². The van der Waals surface area contributed by atoms with Crippen LogP contribution in [0, 0.1) is 5.41 Å². The van der Waals surface area contributed by atoms with Gasteiger partial charge in [-0.1, -0.05) is 54.6 Å². The summed E-state index contributed by atoms with van der Waals surface area (Å²) < 4.78 is 12.2. The van der Waals surface area contributed by atoms with Crippen LogP contribution in [0.4, 0.5) is 0 Å². The number of Topliss-reactive ketones (excluding diaryl/α,β-unsaturated/α-hetero) is 1. The Hall–Kier alpha value is -3.14. The molecule has 0 saturated heterocycles.